The van der Waals surface area contributed by atoms with E-state index in [1.807, 2.05) is 42.5 Å². The third-order valence-corrected chi connectivity index (χ3v) is 4.20. The van der Waals surface area contributed by atoms with Gasteiger partial charge in [0.2, 0.25) is 0 Å². The van der Waals surface area contributed by atoms with E-state index in [2.05, 4.69) is 0 Å². The zero-order valence-corrected chi connectivity index (χ0v) is 13.6. The lowest BCUT2D eigenvalue weighted by Gasteiger charge is -2.20. The lowest BCUT2D eigenvalue weighted by molar-refractivity contribution is -0.119. The third-order valence-electron chi connectivity index (χ3n) is 3.96. The quantitative estimate of drug-likeness (QED) is 0.942. The molecule has 0 saturated carbocycles. The minimum Gasteiger partial charge on any atom is -0.330 e. The van der Waals surface area contributed by atoms with E-state index in [-0.39, 0.29) is 5.91 Å². The lowest BCUT2D eigenvalue weighted by Crippen LogP contribution is -2.35. The van der Waals surface area contributed by atoms with Crippen LogP contribution in [0.5, 0.6) is 0 Å². The minimum atomic E-state index is -0.480. The topological polar surface area (TPSA) is 58.7 Å². The molecule has 23 heavy (non-hydrogen) atoms. The number of carbonyl (C=O) groups is 1. The number of aliphatic imine (C=N–C) groups is 1. The molecular weight excluding hydrogens is 310 g/mol. The number of anilines is 1. The first kappa shape index (κ1) is 15.7. The summed E-state index contributed by atoms with van der Waals surface area (Å²) < 4.78 is 0. The summed E-state index contributed by atoms with van der Waals surface area (Å²) in [6.45, 7) is 0.410. The summed E-state index contributed by atoms with van der Waals surface area (Å²) in [5, 5.41) is 0.616. The van der Waals surface area contributed by atoms with Crippen LogP contribution in [-0.2, 0) is 4.79 Å². The van der Waals surface area contributed by atoms with Gasteiger partial charge in [-0.3, -0.25) is 9.79 Å². The first-order valence-electron chi connectivity index (χ1n) is 7.52. The lowest BCUT2D eigenvalue weighted by atomic mass is 10.0. The number of nitrogens with two attached hydrogens (primary N) is 1. The Labute approximate surface area is 140 Å². The predicted octanol–water partition coefficient (Wildman–Crippen LogP) is 2.87. The SMILES string of the molecule is CN1C(=O)C(CCN)N=C(c2ccccc2)c2cc(Cl)ccc21. The van der Waals surface area contributed by atoms with E-state index in [0.29, 0.717) is 18.0 Å². The Hall–Kier alpha value is -2.17. The maximum absolute atomic E-state index is 12.7. The van der Waals surface area contributed by atoms with Crippen molar-refractivity contribution in [3.05, 3.63) is 64.7 Å². The minimum absolute atomic E-state index is 0.0510. The van der Waals surface area contributed by atoms with Gasteiger partial charge in [0.15, 0.2) is 0 Å². The van der Waals surface area contributed by atoms with Crippen molar-refractivity contribution in [2.45, 2.75) is 12.5 Å². The Bertz CT molecular complexity index is 758. The first-order valence-corrected chi connectivity index (χ1v) is 7.90. The summed E-state index contributed by atoms with van der Waals surface area (Å²) in [6.07, 6.45) is 0.515. The van der Waals surface area contributed by atoms with Crippen molar-refractivity contribution in [1.82, 2.24) is 0 Å². The summed E-state index contributed by atoms with van der Waals surface area (Å²) in [7, 11) is 1.77. The Morgan fingerprint density at radius 1 is 1.22 bits per heavy atom. The van der Waals surface area contributed by atoms with E-state index in [1.54, 1.807) is 18.0 Å². The molecule has 3 rings (SSSR count). The monoisotopic (exact) mass is 327 g/mol. The van der Waals surface area contributed by atoms with Crippen LogP contribution in [0.4, 0.5) is 5.69 Å². The highest BCUT2D eigenvalue weighted by Crippen LogP contribution is 2.30. The molecule has 0 fully saturated rings. The average Bonchev–Trinajstić information content (AvgIpc) is 2.66. The Balaban J connectivity index is 2.23. The summed E-state index contributed by atoms with van der Waals surface area (Å²) in [5.41, 5.74) is 9.07. The van der Waals surface area contributed by atoms with Gasteiger partial charge in [0.25, 0.3) is 5.91 Å². The van der Waals surface area contributed by atoms with Crippen molar-refractivity contribution < 1.29 is 4.79 Å². The molecule has 0 spiro atoms. The molecule has 1 aliphatic heterocycles. The number of hydrogen-bond acceptors (Lipinski definition) is 3. The summed E-state index contributed by atoms with van der Waals surface area (Å²) >= 11 is 6.19. The van der Waals surface area contributed by atoms with Crippen molar-refractivity contribution in [1.29, 1.82) is 0 Å². The van der Waals surface area contributed by atoms with Gasteiger partial charge in [0.05, 0.1) is 11.4 Å². The molecule has 1 heterocycles. The molecule has 0 aliphatic carbocycles. The number of carbonyl (C=O) groups excluding carboxylic acids is 1. The first-order chi connectivity index (χ1) is 11.1. The van der Waals surface area contributed by atoms with E-state index in [1.165, 1.54) is 0 Å². The largest absolute Gasteiger partial charge is 0.330 e. The second kappa shape index (κ2) is 6.52. The molecule has 118 valence electrons. The maximum Gasteiger partial charge on any atom is 0.251 e. The van der Waals surface area contributed by atoms with Crippen LogP contribution < -0.4 is 10.6 Å². The van der Waals surface area contributed by atoms with Gasteiger partial charge in [-0.2, -0.15) is 0 Å². The number of halogens is 1. The highest BCUT2D eigenvalue weighted by atomic mass is 35.5. The van der Waals surface area contributed by atoms with Gasteiger partial charge in [-0.05, 0) is 31.2 Å². The molecule has 0 aromatic heterocycles. The van der Waals surface area contributed by atoms with E-state index in [0.717, 1.165) is 22.5 Å². The molecule has 4 nitrogen and oxygen atoms in total. The summed E-state index contributed by atoms with van der Waals surface area (Å²) in [5.74, 6) is -0.0510. The van der Waals surface area contributed by atoms with Crippen LogP contribution in [0.15, 0.2) is 53.5 Å². The van der Waals surface area contributed by atoms with Crippen LogP contribution in [0.25, 0.3) is 0 Å². The fourth-order valence-electron chi connectivity index (χ4n) is 2.79. The van der Waals surface area contributed by atoms with Gasteiger partial charge in [-0.1, -0.05) is 41.9 Å². The van der Waals surface area contributed by atoms with E-state index in [4.69, 9.17) is 22.3 Å². The third kappa shape index (κ3) is 3.00. The molecule has 2 aromatic rings. The molecule has 2 N–H and O–H groups in total. The van der Waals surface area contributed by atoms with Gasteiger partial charge in [-0.15, -0.1) is 0 Å². The van der Waals surface area contributed by atoms with Crippen molar-refractivity contribution in [3.63, 3.8) is 0 Å². The Morgan fingerprint density at radius 2 is 1.96 bits per heavy atom. The molecular formula is C18H18ClN3O. The van der Waals surface area contributed by atoms with Crippen LogP contribution in [0.2, 0.25) is 5.02 Å². The molecule has 5 heteroatoms. The van der Waals surface area contributed by atoms with E-state index >= 15 is 0 Å². The van der Waals surface area contributed by atoms with Gasteiger partial charge in [0, 0.05) is 23.2 Å². The molecule has 0 radical (unpaired) electrons. The average molecular weight is 328 g/mol. The molecule has 1 atom stereocenters. The van der Waals surface area contributed by atoms with Crippen molar-refractivity contribution in [2.24, 2.45) is 10.7 Å². The fourth-order valence-corrected chi connectivity index (χ4v) is 2.96. The molecule has 1 aliphatic rings. The number of hydrogen-bond donors (Lipinski definition) is 1. The van der Waals surface area contributed by atoms with Gasteiger partial charge < -0.3 is 10.6 Å². The normalized spacial score (nSPS) is 17.5. The molecule has 0 bridgehead atoms. The number of benzodiazepines with no additional fused rings is 1. The van der Waals surface area contributed by atoms with Gasteiger partial charge in [0.1, 0.15) is 6.04 Å². The second-order valence-corrected chi connectivity index (χ2v) is 5.93. The van der Waals surface area contributed by atoms with Crippen LogP contribution in [0.3, 0.4) is 0 Å². The summed E-state index contributed by atoms with van der Waals surface area (Å²) in [6, 6.07) is 14.9. The van der Waals surface area contributed by atoms with Crippen LogP contribution >= 0.6 is 11.6 Å². The standard InChI is InChI=1S/C18H18ClN3O/c1-22-16-8-7-13(19)11-14(16)17(12-5-3-2-4-6-12)21-15(9-10-20)18(22)23/h2-8,11,15H,9-10,20H2,1H3. The Kier molecular flexibility index (Phi) is 4.46. The second-order valence-electron chi connectivity index (χ2n) is 5.50. The Morgan fingerprint density at radius 3 is 2.65 bits per heavy atom. The highest BCUT2D eigenvalue weighted by Gasteiger charge is 2.29. The van der Waals surface area contributed by atoms with Crippen molar-refractivity contribution in [2.75, 3.05) is 18.5 Å². The van der Waals surface area contributed by atoms with Crippen molar-refractivity contribution in [3.8, 4) is 0 Å². The molecule has 2 aromatic carbocycles. The smallest absolute Gasteiger partial charge is 0.251 e. The molecule has 0 saturated heterocycles. The number of amides is 1. The van der Waals surface area contributed by atoms with Gasteiger partial charge >= 0.3 is 0 Å². The maximum atomic E-state index is 12.7. The van der Waals surface area contributed by atoms with Gasteiger partial charge in [-0.25, -0.2) is 0 Å². The number of fused-ring (bicyclic) bond motifs is 1. The highest BCUT2D eigenvalue weighted by molar-refractivity contribution is 6.32. The molecule has 1 amide bonds. The van der Waals surface area contributed by atoms with Crippen LogP contribution in [-0.4, -0.2) is 31.3 Å². The number of likely N-dealkylation sites (N-methyl/N-ethyl adjacent to an activating group) is 1. The number of rotatable bonds is 3. The molecule has 1 unspecified atom stereocenters. The number of nitrogens with zero attached hydrogens (tertiary/aromatic N) is 2. The zero-order chi connectivity index (χ0) is 16.4. The summed E-state index contributed by atoms with van der Waals surface area (Å²) in [4.78, 5) is 19.1. The van der Waals surface area contributed by atoms with E-state index < -0.39 is 6.04 Å². The van der Waals surface area contributed by atoms with E-state index in [9.17, 15) is 4.79 Å². The predicted molar refractivity (Wildman–Crippen MR) is 94.4 cm³/mol. The van der Waals surface area contributed by atoms with Crippen molar-refractivity contribution >= 4 is 28.9 Å². The van der Waals surface area contributed by atoms with Crippen LogP contribution in [0.1, 0.15) is 17.5 Å². The zero-order valence-electron chi connectivity index (χ0n) is 12.9. The van der Waals surface area contributed by atoms with Crippen LogP contribution in [0, 0.1) is 0 Å². The fraction of sp³-hybridized carbons (Fsp3) is 0.222. The number of benzene rings is 2.